The normalized spacial score (nSPS) is 10.3. The smallest absolute Gasteiger partial charge is 0.262 e. The van der Waals surface area contributed by atoms with Crippen LogP contribution in [0, 0.1) is 0 Å². The second kappa shape index (κ2) is 6.79. The lowest BCUT2D eigenvalue weighted by molar-refractivity contribution is -0.118. The van der Waals surface area contributed by atoms with Crippen molar-refractivity contribution >= 4 is 22.5 Å². The Morgan fingerprint density at radius 3 is 2.70 bits per heavy atom. The highest BCUT2D eigenvalue weighted by molar-refractivity contribution is 6.01. The van der Waals surface area contributed by atoms with Crippen LogP contribution in [0.1, 0.15) is 0 Å². The molecule has 0 aliphatic heterocycles. The van der Waals surface area contributed by atoms with Crippen LogP contribution in [0.4, 0.5) is 5.69 Å². The Bertz CT molecular complexity index is 819. The first-order valence-electron chi connectivity index (χ1n) is 7.17. The molecule has 0 fully saturated rings. The summed E-state index contributed by atoms with van der Waals surface area (Å²) in [5, 5.41) is 3.67. The predicted molar refractivity (Wildman–Crippen MR) is 88.9 cm³/mol. The molecule has 0 bridgehead atoms. The zero-order valence-corrected chi connectivity index (χ0v) is 12.7. The van der Waals surface area contributed by atoms with Gasteiger partial charge in [-0.3, -0.25) is 9.78 Å². The quantitative estimate of drug-likeness (QED) is 0.786. The van der Waals surface area contributed by atoms with Crippen molar-refractivity contribution in [3.05, 3.63) is 60.8 Å². The molecule has 116 valence electrons. The van der Waals surface area contributed by atoms with Gasteiger partial charge in [0, 0.05) is 11.6 Å². The average Bonchev–Trinajstić information content (AvgIpc) is 2.61. The largest absolute Gasteiger partial charge is 0.497 e. The molecule has 0 spiro atoms. The summed E-state index contributed by atoms with van der Waals surface area (Å²) in [6.07, 6.45) is 1.66. The number of fused-ring (bicyclic) bond motifs is 1. The molecular weight excluding hydrogens is 292 g/mol. The number of hydrogen-bond acceptors (Lipinski definition) is 4. The Morgan fingerprint density at radius 1 is 1.09 bits per heavy atom. The number of hydrogen-bond donors (Lipinski definition) is 1. The fourth-order valence-electron chi connectivity index (χ4n) is 2.21. The maximum absolute atomic E-state index is 12.1. The molecule has 23 heavy (non-hydrogen) atoms. The Morgan fingerprint density at radius 2 is 1.91 bits per heavy atom. The zero-order chi connectivity index (χ0) is 16.1. The van der Waals surface area contributed by atoms with Crippen LogP contribution >= 0.6 is 0 Å². The minimum Gasteiger partial charge on any atom is -0.497 e. The summed E-state index contributed by atoms with van der Waals surface area (Å²) in [6.45, 7) is -0.0577. The monoisotopic (exact) mass is 308 g/mol. The molecule has 0 saturated heterocycles. The second-order valence-electron chi connectivity index (χ2n) is 4.89. The van der Waals surface area contributed by atoms with E-state index in [2.05, 4.69) is 10.3 Å². The molecule has 0 aliphatic carbocycles. The number of carbonyl (C=O) groups excluding carboxylic acids is 1. The Balaban J connectivity index is 1.74. The van der Waals surface area contributed by atoms with E-state index in [-0.39, 0.29) is 12.5 Å². The van der Waals surface area contributed by atoms with Gasteiger partial charge in [0.05, 0.1) is 18.3 Å². The van der Waals surface area contributed by atoms with E-state index in [9.17, 15) is 4.79 Å². The maximum Gasteiger partial charge on any atom is 0.262 e. The number of carbonyl (C=O) groups is 1. The number of amides is 1. The predicted octanol–water partition coefficient (Wildman–Crippen LogP) is 3.26. The zero-order valence-electron chi connectivity index (χ0n) is 12.7. The van der Waals surface area contributed by atoms with E-state index in [0.717, 1.165) is 10.9 Å². The first kappa shape index (κ1) is 14.8. The Labute approximate surface area is 133 Å². The third-order valence-corrected chi connectivity index (χ3v) is 3.34. The SMILES string of the molecule is COc1ccc2nccc(NC(=O)COc3ccccc3)c2c1. The highest BCUT2D eigenvalue weighted by atomic mass is 16.5. The lowest BCUT2D eigenvalue weighted by Gasteiger charge is -2.10. The van der Waals surface area contributed by atoms with Crippen molar-refractivity contribution in [1.29, 1.82) is 0 Å². The van der Waals surface area contributed by atoms with Gasteiger partial charge in [0.1, 0.15) is 11.5 Å². The summed E-state index contributed by atoms with van der Waals surface area (Å²) in [6, 6.07) is 16.5. The topological polar surface area (TPSA) is 60.5 Å². The van der Waals surface area contributed by atoms with E-state index in [0.29, 0.717) is 17.2 Å². The molecular formula is C18H16N2O3. The number of pyridine rings is 1. The lowest BCUT2D eigenvalue weighted by atomic mass is 10.2. The van der Waals surface area contributed by atoms with Gasteiger partial charge in [0.25, 0.3) is 5.91 Å². The standard InChI is InChI=1S/C18H16N2O3/c1-22-14-7-8-16-15(11-14)17(9-10-19-16)20-18(21)12-23-13-5-3-2-4-6-13/h2-11H,12H2,1H3,(H,19,20,21). The maximum atomic E-state index is 12.1. The third kappa shape index (κ3) is 3.58. The van der Waals surface area contributed by atoms with Crippen LogP contribution in [0.25, 0.3) is 10.9 Å². The van der Waals surface area contributed by atoms with Gasteiger partial charge >= 0.3 is 0 Å². The lowest BCUT2D eigenvalue weighted by Crippen LogP contribution is -2.20. The van der Waals surface area contributed by atoms with E-state index in [1.54, 1.807) is 31.5 Å². The summed E-state index contributed by atoms with van der Waals surface area (Å²) >= 11 is 0. The van der Waals surface area contributed by atoms with E-state index in [1.807, 2.05) is 36.4 Å². The van der Waals surface area contributed by atoms with Crippen molar-refractivity contribution in [3.63, 3.8) is 0 Å². The van der Waals surface area contributed by atoms with Crippen LogP contribution in [0.3, 0.4) is 0 Å². The summed E-state index contributed by atoms with van der Waals surface area (Å²) in [7, 11) is 1.60. The summed E-state index contributed by atoms with van der Waals surface area (Å²) in [5.41, 5.74) is 1.46. The number of anilines is 1. The van der Waals surface area contributed by atoms with E-state index in [4.69, 9.17) is 9.47 Å². The first-order valence-corrected chi connectivity index (χ1v) is 7.17. The van der Waals surface area contributed by atoms with Crippen molar-refractivity contribution in [2.24, 2.45) is 0 Å². The van der Waals surface area contributed by atoms with Crippen LogP contribution < -0.4 is 14.8 Å². The first-order chi connectivity index (χ1) is 11.3. The molecule has 0 saturated carbocycles. The van der Waals surface area contributed by atoms with Crippen molar-refractivity contribution < 1.29 is 14.3 Å². The fourth-order valence-corrected chi connectivity index (χ4v) is 2.21. The molecule has 1 amide bonds. The van der Waals surface area contributed by atoms with E-state index < -0.39 is 0 Å². The average molecular weight is 308 g/mol. The van der Waals surface area contributed by atoms with Gasteiger partial charge < -0.3 is 14.8 Å². The molecule has 0 aliphatic rings. The molecule has 0 radical (unpaired) electrons. The number of methoxy groups -OCH3 is 1. The highest BCUT2D eigenvalue weighted by Crippen LogP contribution is 2.25. The molecule has 1 N–H and O–H groups in total. The minimum absolute atomic E-state index is 0.0577. The highest BCUT2D eigenvalue weighted by Gasteiger charge is 2.08. The van der Waals surface area contributed by atoms with Crippen LogP contribution in [0.5, 0.6) is 11.5 Å². The fraction of sp³-hybridized carbons (Fsp3) is 0.111. The minimum atomic E-state index is -0.232. The molecule has 1 aromatic heterocycles. The summed E-state index contributed by atoms with van der Waals surface area (Å²) < 4.78 is 10.7. The third-order valence-electron chi connectivity index (χ3n) is 3.34. The molecule has 0 unspecified atom stereocenters. The van der Waals surface area contributed by atoms with Crippen LogP contribution in [0.2, 0.25) is 0 Å². The summed E-state index contributed by atoms with van der Waals surface area (Å²) in [5.74, 6) is 1.13. The molecule has 3 aromatic rings. The van der Waals surface area contributed by atoms with Gasteiger partial charge in [-0.05, 0) is 36.4 Å². The Kier molecular flexibility index (Phi) is 4.38. The van der Waals surface area contributed by atoms with Crippen LogP contribution in [0.15, 0.2) is 60.8 Å². The van der Waals surface area contributed by atoms with Crippen molar-refractivity contribution in [2.45, 2.75) is 0 Å². The Hall–Kier alpha value is -3.08. The number of ether oxygens (including phenoxy) is 2. The molecule has 2 aromatic carbocycles. The van der Waals surface area contributed by atoms with E-state index >= 15 is 0 Å². The van der Waals surface area contributed by atoms with Gasteiger partial charge in [0.2, 0.25) is 0 Å². The van der Waals surface area contributed by atoms with Crippen molar-refractivity contribution in [3.8, 4) is 11.5 Å². The van der Waals surface area contributed by atoms with Crippen LogP contribution in [-0.4, -0.2) is 24.6 Å². The van der Waals surface area contributed by atoms with Gasteiger partial charge in [-0.1, -0.05) is 18.2 Å². The number of nitrogens with one attached hydrogen (secondary N) is 1. The molecule has 0 atom stereocenters. The number of nitrogens with zero attached hydrogens (tertiary/aromatic N) is 1. The number of aromatic nitrogens is 1. The molecule has 5 heteroatoms. The van der Waals surface area contributed by atoms with Gasteiger partial charge in [-0.15, -0.1) is 0 Å². The summed E-state index contributed by atoms with van der Waals surface area (Å²) in [4.78, 5) is 16.4. The van der Waals surface area contributed by atoms with Gasteiger partial charge in [-0.2, -0.15) is 0 Å². The molecule has 1 heterocycles. The molecule has 3 rings (SSSR count). The molecule has 5 nitrogen and oxygen atoms in total. The van der Waals surface area contributed by atoms with Crippen molar-refractivity contribution in [1.82, 2.24) is 4.98 Å². The number of benzene rings is 2. The van der Waals surface area contributed by atoms with E-state index in [1.165, 1.54) is 0 Å². The second-order valence-corrected chi connectivity index (χ2v) is 4.89. The number of rotatable bonds is 5. The van der Waals surface area contributed by atoms with Crippen LogP contribution in [-0.2, 0) is 4.79 Å². The van der Waals surface area contributed by atoms with Gasteiger partial charge in [-0.25, -0.2) is 0 Å². The number of para-hydroxylation sites is 1. The van der Waals surface area contributed by atoms with Crippen molar-refractivity contribution in [2.75, 3.05) is 19.0 Å². The van der Waals surface area contributed by atoms with Gasteiger partial charge in [0.15, 0.2) is 6.61 Å².